The number of carbonyl (C=O) groups is 2. The maximum Gasteiger partial charge on any atom is 0.303 e. The molecule has 0 aromatic carbocycles. The minimum absolute atomic E-state index is 0.0235. The van der Waals surface area contributed by atoms with E-state index in [1.54, 1.807) is 0 Å². The van der Waals surface area contributed by atoms with Crippen molar-refractivity contribution >= 4 is 11.9 Å². The van der Waals surface area contributed by atoms with Gasteiger partial charge in [0.05, 0.1) is 0 Å². The van der Waals surface area contributed by atoms with Crippen molar-refractivity contribution in [3.05, 3.63) is 0 Å². The molecule has 1 saturated heterocycles. The van der Waals surface area contributed by atoms with Crippen LogP contribution in [0.25, 0.3) is 0 Å². The van der Waals surface area contributed by atoms with Crippen molar-refractivity contribution in [3.63, 3.8) is 0 Å². The summed E-state index contributed by atoms with van der Waals surface area (Å²) in [5, 5.41) is 9.19. The van der Waals surface area contributed by atoms with Crippen LogP contribution in [-0.4, -0.2) is 42.1 Å². The van der Waals surface area contributed by atoms with Gasteiger partial charge in [-0.3, -0.25) is 9.59 Å². The monoisotopic (exact) mass is 218 g/mol. The van der Waals surface area contributed by atoms with Crippen molar-refractivity contribution in [1.29, 1.82) is 0 Å². The smallest absolute Gasteiger partial charge is 0.303 e. The molecule has 0 bridgehead atoms. The fourth-order valence-corrected chi connectivity index (χ4v) is 1.38. The van der Waals surface area contributed by atoms with E-state index in [4.69, 9.17) is 14.2 Å². The van der Waals surface area contributed by atoms with Crippen LogP contribution in [-0.2, 0) is 23.8 Å². The second kappa shape index (κ2) is 5.09. The molecule has 0 spiro atoms. The van der Waals surface area contributed by atoms with Gasteiger partial charge in [0, 0.05) is 20.3 Å². The van der Waals surface area contributed by atoms with Crippen LogP contribution in [0.1, 0.15) is 20.3 Å². The molecule has 1 N–H and O–H groups in total. The standard InChI is InChI=1S/C9H14O6/c1-5(10)13-4-8-7(14-6(2)11)3-9(12)15-8/h7-9,12H,3-4H2,1-2H3/t7-,8-,9-/m1/s1. The summed E-state index contributed by atoms with van der Waals surface area (Å²) in [4.78, 5) is 21.3. The molecule has 3 atom stereocenters. The number of aliphatic hydroxyl groups excluding tert-OH is 1. The number of carbonyl (C=O) groups excluding carboxylic acids is 2. The van der Waals surface area contributed by atoms with Gasteiger partial charge < -0.3 is 19.3 Å². The zero-order chi connectivity index (χ0) is 11.4. The number of esters is 2. The number of hydrogen-bond acceptors (Lipinski definition) is 6. The molecule has 0 aromatic rings. The molecule has 1 aliphatic rings. The summed E-state index contributed by atoms with van der Waals surface area (Å²) in [5.41, 5.74) is 0. The van der Waals surface area contributed by atoms with Crippen LogP contribution in [0.2, 0.25) is 0 Å². The molecule has 86 valence electrons. The highest BCUT2D eigenvalue weighted by molar-refractivity contribution is 5.66. The lowest BCUT2D eigenvalue weighted by molar-refractivity contribution is -0.159. The van der Waals surface area contributed by atoms with Crippen molar-refractivity contribution < 1.29 is 28.9 Å². The van der Waals surface area contributed by atoms with E-state index in [2.05, 4.69) is 0 Å². The molecular formula is C9H14O6. The third-order valence-corrected chi connectivity index (χ3v) is 1.95. The third-order valence-electron chi connectivity index (χ3n) is 1.95. The van der Waals surface area contributed by atoms with Crippen LogP contribution < -0.4 is 0 Å². The fourth-order valence-electron chi connectivity index (χ4n) is 1.38. The quantitative estimate of drug-likeness (QED) is 0.648. The highest BCUT2D eigenvalue weighted by Gasteiger charge is 2.37. The minimum atomic E-state index is -0.977. The summed E-state index contributed by atoms with van der Waals surface area (Å²) in [5.74, 6) is -0.896. The second-order valence-electron chi connectivity index (χ2n) is 3.32. The largest absolute Gasteiger partial charge is 0.463 e. The average Bonchev–Trinajstić information content (AvgIpc) is 2.41. The normalized spacial score (nSPS) is 29.9. The molecule has 0 aromatic heterocycles. The van der Waals surface area contributed by atoms with E-state index in [0.717, 1.165) is 0 Å². The van der Waals surface area contributed by atoms with E-state index in [0.29, 0.717) is 0 Å². The first kappa shape index (κ1) is 11.9. The molecule has 0 saturated carbocycles. The Hall–Kier alpha value is -1.14. The van der Waals surface area contributed by atoms with E-state index < -0.39 is 30.4 Å². The SMILES string of the molecule is CC(=O)OC[C@H]1O[C@@H](O)C[C@H]1OC(C)=O. The maximum absolute atomic E-state index is 10.7. The Labute approximate surface area is 87.1 Å². The molecule has 1 aliphatic heterocycles. The van der Waals surface area contributed by atoms with Gasteiger partial charge in [0.1, 0.15) is 18.8 Å². The average molecular weight is 218 g/mol. The Morgan fingerprint density at radius 1 is 1.40 bits per heavy atom. The van der Waals surface area contributed by atoms with Crippen molar-refractivity contribution in [3.8, 4) is 0 Å². The van der Waals surface area contributed by atoms with Crippen molar-refractivity contribution in [2.24, 2.45) is 0 Å². The summed E-state index contributed by atoms with van der Waals surface area (Å²) in [6.07, 6.45) is -1.93. The number of ether oxygens (including phenoxy) is 3. The third kappa shape index (κ3) is 3.85. The molecule has 0 aliphatic carbocycles. The molecule has 0 radical (unpaired) electrons. The van der Waals surface area contributed by atoms with Crippen LogP contribution in [0, 0.1) is 0 Å². The van der Waals surface area contributed by atoms with Crippen molar-refractivity contribution in [2.45, 2.75) is 38.8 Å². The lowest BCUT2D eigenvalue weighted by atomic mass is 10.2. The highest BCUT2D eigenvalue weighted by atomic mass is 16.7. The summed E-state index contributed by atoms with van der Waals surface area (Å²) >= 11 is 0. The number of aliphatic hydroxyl groups is 1. The van der Waals surface area contributed by atoms with Crippen LogP contribution in [0.5, 0.6) is 0 Å². The Kier molecular flexibility index (Phi) is 4.05. The van der Waals surface area contributed by atoms with Gasteiger partial charge in [0.25, 0.3) is 0 Å². The van der Waals surface area contributed by atoms with E-state index in [9.17, 15) is 14.7 Å². The lowest BCUT2D eigenvalue weighted by Gasteiger charge is -2.17. The molecule has 0 amide bonds. The Bertz CT molecular complexity index is 251. The summed E-state index contributed by atoms with van der Waals surface area (Å²) < 4.78 is 14.7. The van der Waals surface area contributed by atoms with E-state index >= 15 is 0 Å². The molecule has 6 heteroatoms. The first-order valence-electron chi connectivity index (χ1n) is 4.63. The molecule has 0 unspecified atom stereocenters. The Morgan fingerprint density at radius 3 is 2.60 bits per heavy atom. The first-order valence-corrected chi connectivity index (χ1v) is 4.63. The van der Waals surface area contributed by atoms with Gasteiger partial charge in [-0.15, -0.1) is 0 Å². The minimum Gasteiger partial charge on any atom is -0.463 e. The van der Waals surface area contributed by atoms with Gasteiger partial charge in [-0.1, -0.05) is 0 Å². The highest BCUT2D eigenvalue weighted by Crippen LogP contribution is 2.22. The van der Waals surface area contributed by atoms with Crippen LogP contribution in [0.3, 0.4) is 0 Å². The predicted octanol–water partition coefficient (Wildman–Crippen LogP) is -0.412. The van der Waals surface area contributed by atoms with Gasteiger partial charge in [0.2, 0.25) is 0 Å². The van der Waals surface area contributed by atoms with E-state index in [1.165, 1.54) is 13.8 Å². The van der Waals surface area contributed by atoms with Crippen molar-refractivity contribution in [1.82, 2.24) is 0 Å². The number of hydrogen-bond donors (Lipinski definition) is 1. The molecule has 1 heterocycles. The van der Waals surface area contributed by atoms with Gasteiger partial charge in [0.15, 0.2) is 6.29 Å². The zero-order valence-corrected chi connectivity index (χ0v) is 8.63. The van der Waals surface area contributed by atoms with Crippen molar-refractivity contribution in [2.75, 3.05) is 6.61 Å². The summed E-state index contributed by atoms with van der Waals surface area (Å²) in [6, 6.07) is 0. The molecule has 15 heavy (non-hydrogen) atoms. The van der Waals surface area contributed by atoms with E-state index in [1.807, 2.05) is 0 Å². The van der Waals surface area contributed by atoms with Crippen LogP contribution >= 0.6 is 0 Å². The predicted molar refractivity (Wildman–Crippen MR) is 47.7 cm³/mol. The molecular weight excluding hydrogens is 204 g/mol. The summed E-state index contributed by atoms with van der Waals surface area (Å²) in [7, 11) is 0. The fraction of sp³-hybridized carbons (Fsp3) is 0.778. The Balaban J connectivity index is 2.45. The van der Waals surface area contributed by atoms with Crippen LogP contribution in [0.15, 0.2) is 0 Å². The van der Waals surface area contributed by atoms with Gasteiger partial charge in [-0.2, -0.15) is 0 Å². The lowest BCUT2D eigenvalue weighted by Crippen LogP contribution is -2.31. The molecule has 1 fully saturated rings. The zero-order valence-electron chi connectivity index (χ0n) is 8.63. The second-order valence-corrected chi connectivity index (χ2v) is 3.32. The van der Waals surface area contributed by atoms with Gasteiger partial charge in [-0.25, -0.2) is 0 Å². The van der Waals surface area contributed by atoms with Gasteiger partial charge >= 0.3 is 11.9 Å². The first-order chi connectivity index (χ1) is 6.99. The Morgan fingerprint density at radius 2 is 2.07 bits per heavy atom. The molecule has 6 nitrogen and oxygen atoms in total. The molecule has 1 rings (SSSR count). The maximum atomic E-state index is 10.7. The summed E-state index contributed by atoms with van der Waals surface area (Å²) in [6.45, 7) is 2.52. The van der Waals surface area contributed by atoms with Gasteiger partial charge in [-0.05, 0) is 0 Å². The van der Waals surface area contributed by atoms with Crippen LogP contribution in [0.4, 0.5) is 0 Å². The van der Waals surface area contributed by atoms with E-state index in [-0.39, 0.29) is 13.0 Å². The topological polar surface area (TPSA) is 82.1 Å². The number of rotatable bonds is 3.